The molecule has 4 heteroatoms. The summed E-state index contributed by atoms with van der Waals surface area (Å²) in [5.74, 6) is 0. The van der Waals surface area contributed by atoms with Gasteiger partial charge >= 0.3 is 0 Å². The molecule has 1 aliphatic heterocycles. The number of hydrogen-bond donors (Lipinski definition) is 1. The van der Waals surface area contributed by atoms with Gasteiger partial charge in [-0.05, 0) is 58.6 Å². The van der Waals surface area contributed by atoms with Crippen LogP contribution in [0.2, 0.25) is 0 Å². The summed E-state index contributed by atoms with van der Waals surface area (Å²) >= 11 is 5.36. The van der Waals surface area contributed by atoms with Crippen LogP contribution in [0, 0.1) is 0 Å². The Kier molecular flexibility index (Phi) is 3.65. The minimum absolute atomic E-state index is 0.448. The van der Waals surface area contributed by atoms with Gasteiger partial charge in [0.25, 0.3) is 0 Å². The quantitative estimate of drug-likeness (QED) is 0.832. The molecule has 1 aromatic heterocycles. The van der Waals surface area contributed by atoms with Gasteiger partial charge in [-0.2, -0.15) is 0 Å². The van der Waals surface area contributed by atoms with Crippen molar-refractivity contribution in [3.05, 3.63) is 50.1 Å². The first-order valence-electron chi connectivity index (χ1n) is 6.50. The van der Waals surface area contributed by atoms with E-state index in [0.29, 0.717) is 6.04 Å². The van der Waals surface area contributed by atoms with E-state index in [2.05, 4.69) is 52.0 Å². The molecule has 100 valence electrons. The summed E-state index contributed by atoms with van der Waals surface area (Å²) in [4.78, 5) is 3.92. The molecule has 1 unspecified atom stereocenters. The highest BCUT2D eigenvalue weighted by atomic mass is 79.9. The minimum atomic E-state index is 0.448. The molecule has 2 nitrogen and oxygen atoms in total. The van der Waals surface area contributed by atoms with Crippen LogP contribution < -0.4 is 5.73 Å². The average Bonchev–Trinajstić information content (AvgIpc) is 2.85. The lowest BCUT2D eigenvalue weighted by Crippen LogP contribution is -2.33. The first-order valence-corrected chi connectivity index (χ1v) is 8.11. The van der Waals surface area contributed by atoms with Crippen LogP contribution in [-0.4, -0.2) is 11.4 Å². The Balaban J connectivity index is 1.83. The van der Waals surface area contributed by atoms with Crippen molar-refractivity contribution in [1.29, 1.82) is 0 Å². The second-order valence-electron chi connectivity index (χ2n) is 5.02. The lowest BCUT2D eigenvalue weighted by atomic mass is 9.97. The van der Waals surface area contributed by atoms with Gasteiger partial charge in [0.15, 0.2) is 0 Å². The van der Waals surface area contributed by atoms with E-state index in [1.807, 2.05) is 17.4 Å². The van der Waals surface area contributed by atoms with Gasteiger partial charge in [0.05, 0.1) is 3.79 Å². The number of benzene rings is 1. The molecule has 0 fully saturated rings. The van der Waals surface area contributed by atoms with Crippen molar-refractivity contribution >= 4 is 33.0 Å². The second-order valence-corrected chi connectivity index (χ2v) is 7.52. The van der Waals surface area contributed by atoms with E-state index in [4.69, 9.17) is 5.73 Å². The van der Waals surface area contributed by atoms with Gasteiger partial charge in [-0.15, -0.1) is 11.3 Å². The van der Waals surface area contributed by atoms with Crippen LogP contribution in [0.4, 0.5) is 5.69 Å². The normalized spacial score (nSPS) is 17.2. The van der Waals surface area contributed by atoms with Gasteiger partial charge in [-0.3, -0.25) is 4.90 Å². The van der Waals surface area contributed by atoms with Crippen LogP contribution in [0.15, 0.2) is 34.1 Å². The van der Waals surface area contributed by atoms with Crippen molar-refractivity contribution < 1.29 is 0 Å². The fraction of sp³-hybridized carbons (Fsp3) is 0.333. The number of rotatable bonds is 2. The number of nitrogens with two attached hydrogens (primary N) is 1. The zero-order valence-corrected chi connectivity index (χ0v) is 13.3. The van der Waals surface area contributed by atoms with E-state index >= 15 is 0 Å². The molecule has 0 saturated heterocycles. The molecule has 1 aromatic carbocycles. The van der Waals surface area contributed by atoms with Crippen LogP contribution in [0.25, 0.3) is 0 Å². The molecule has 2 heterocycles. The number of nitrogens with zero attached hydrogens (tertiary/aromatic N) is 1. The lowest BCUT2D eigenvalue weighted by Gasteiger charge is -2.33. The third kappa shape index (κ3) is 2.57. The molecule has 0 saturated carbocycles. The van der Waals surface area contributed by atoms with E-state index in [9.17, 15) is 0 Å². The first kappa shape index (κ1) is 13.2. The summed E-state index contributed by atoms with van der Waals surface area (Å²) in [6.45, 7) is 4.34. The van der Waals surface area contributed by atoms with Crippen molar-refractivity contribution in [2.24, 2.45) is 0 Å². The largest absolute Gasteiger partial charge is 0.398 e. The van der Waals surface area contributed by atoms with E-state index < -0.39 is 0 Å². The molecule has 0 bridgehead atoms. The summed E-state index contributed by atoms with van der Waals surface area (Å²) in [5.41, 5.74) is 9.78. The van der Waals surface area contributed by atoms with Crippen molar-refractivity contribution in [2.45, 2.75) is 25.9 Å². The van der Waals surface area contributed by atoms with Crippen molar-refractivity contribution in [3.63, 3.8) is 0 Å². The first-order chi connectivity index (χ1) is 9.15. The third-order valence-corrected chi connectivity index (χ3v) is 5.69. The van der Waals surface area contributed by atoms with E-state index in [1.165, 1.54) is 19.8 Å². The topological polar surface area (TPSA) is 29.3 Å². The highest BCUT2D eigenvalue weighted by Crippen LogP contribution is 2.34. The zero-order chi connectivity index (χ0) is 13.4. The summed E-state index contributed by atoms with van der Waals surface area (Å²) in [6, 6.07) is 11.1. The predicted molar refractivity (Wildman–Crippen MR) is 85.4 cm³/mol. The van der Waals surface area contributed by atoms with Gasteiger partial charge in [0, 0.05) is 29.7 Å². The molecule has 2 aromatic rings. The Morgan fingerprint density at radius 2 is 2.16 bits per heavy atom. The number of thiophene rings is 1. The van der Waals surface area contributed by atoms with Crippen molar-refractivity contribution in [3.8, 4) is 0 Å². The van der Waals surface area contributed by atoms with Crippen LogP contribution in [0.3, 0.4) is 0 Å². The van der Waals surface area contributed by atoms with E-state index in [0.717, 1.165) is 25.2 Å². The molecule has 3 rings (SSSR count). The smallest absolute Gasteiger partial charge is 0.0701 e. The Bertz CT molecular complexity index is 594. The van der Waals surface area contributed by atoms with Gasteiger partial charge in [-0.1, -0.05) is 12.1 Å². The minimum Gasteiger partial charge on any atom is -0.398 e. The van der Waals surface area contributed by atoms with Gasteiger partial charge in [-0.25, -0.2) is 0 Å². The maximum absolute atomic E-state index is 6.11. The molecule has 1 atom stereocenters. The molecule has 1 aliphatic rings. The highest BCUT2D eigenvalue weighted by Gasteiger charge is 2.23. The lowest BCUT2D eigenvalue weighted by molar-refractivity contribution is 0.195. The Labute approximate surface area is 126 Å². The van der Waals surface area contributed by atoms with Gasteiger partial charge in [0.2, 0.25) is 0 Å². The fourth-order valence-corrected chi connectivity index (χ4v) is 4.20. The SMILES string of the molecule is CC(c1ccc(Br)s1)N1CCc2cccc(N)c2C1. The van der Waals surface area contributed by atoms with Crippen LogP contribution in [-0.2, 0) is 13.0 Å². The molecular weight excluding hydrogens is 320 g/mol. The molecule has 0 amide bonds. The van der Waals surface area contributed by atoms with E-state index in [1.54, 1.807) is 0 Å². The van der Waals surface area contributed by atoms with E-state index in [-0.39, 0.29) is 0 Å². The van der Waals surface area contributed by atoms with Gasteiger partial charge < -0.3 is 5.73 Å². The number of anilines is 1. The highest BCUT2D eigenvalue weighted by molar-refractivity contribution is 9.11. The zero-order valence-electron chi connectivity index (χ0n) is 10.9. The Hall–Kier alpha value is -0.840. The monoisotopic (exact) mass is 336 g/mol. The number of hydrogen-bond acceptors (Lipinski definition) is 3. The molecule has 0 spiro atoms. The number of halogens is 1. The number of fused-ring (bicyclic) bond motifs is 1. The predicted octanol–water partition coefficient (Wildman–Crippen LogP) is 4.21. The molecule has 0 aliphatic carbocycles. The van der Waals surface area contributed by atoms with Crippen molar-refractivity contribution in [1.82, 2.24) is 4.90 Å². The Morgan fingerprint density at radius 1 is 1.32 bits per heavy atom. The average molecular weight is 337 g/mol. The second kappa shape index (κ2) is 5.27. The maximum Gasteiger partial charge on any atom is 0.0701 e. The summed E-state index contributed by atoms with van der Waals surface area (Å²) in [6.07, 6.45) is 1.09. The summed E-state index contributed by atoms with van der Waals surface area (Å²) in [7, 11) is 0. The fourth-order valence-electron chi connectivity index (χ4n) is 2.69. The Morgan fingerprint density at radius 3 is 2.89 bits per heavy atom. The third-order valence-electron chi connectivity index (χ3n) is 3.89. The standard InChI is InChI=1S/C15H17BrN2S/c1-10(14-5-6-15(16)19-14)18-8-7-11-3-2-4-13(17)12(11)9-18/h2-6,10H,7-9,17H2,1H3. The summed E-state index contributed by atoms with van der Waals surface area (Å²) in [5, 5.41) is 0. The van der Waals surface area contributed by atoms with Crippen LogP contribution >= 0.6 is 27.3 Å². The van der Waals surface area contributed by atoms with Crippen LogP contribution in [0.1, 0.15) is 29.0 Å². The molecular formula is C15H17BrN2S. The molecule has 0 radical (unpaired) electrons. The maximum atomic E-state index is 6.11. The molecule has 19 heavy (non-hydrogen) atoms. The molecule has 2 N–H and O–H groups in total. The van der Waals surface area contributed by atoms with Crippen LogP contribution in [0.5, 0.6) is 0 Å². The summed E-state index contributed by atoms with van der Waals surface area (Å²) < 4.78 is 1.20. The van der Waals surface area contributed by atoms with Crippen molar-refractivity contribution in [2.75, 3.05) is 12.3 Å². The van der Waals surface area contributed by atoms with Gasteiger partial charge in [0.1, 0.15) is 0 Å². The number of nitrogen functional groups attached to an aromatic ring is 1.